The number of H-pyrrole nitrogens is 1. The van der Waals surface area contributed by atoms with Crippen LogP contribution in [0.1, 0.15) is 12.1 Å². The second kappa shape index (κ2) is 3.59. The summed E-state index contributed by atoms with van der Waals surface area (Å²) in [6.45, 7) is 0. The fourth-order valence-electron chi connectivity index (χ4n) is 0.932. The summed E-state index contributed by atoms with van der Waals surface area (Å²) in [5.41, 5.74) is 2.54. The molecule has 0 atom stereocenters. The van der Waals surface area contributed by atoms with Gasteiger partial charge in [0.1, 0.15) is 10.6 Å². The minimum atomic E-state index is -4.27. The molecule has 0 aliphatic heterocycles. The van der Waals surface area contributed by atoms with Gasteiger partial charge in [0.2, 0.25) is 10.0 Å². The van der Waals surface area contributed by atoms with E-state index in [1.54, 1.807) is 4.98 Å². The highest BCUT2D eigenvalue weighted by Gasteiger charge is 2.19. The number of rotatable bonds is 2. The first-order chi connectivity index (χ1) is 6.73. The molecular formula is C6H7F2N3O3S. The average Bonchev–Trinajstić information content (AvgIpc) is 2.06. The number of hydrogen-bond acceptors (Lipinski definition) is 4. The molecule has 1 aromatic rings. The number of nitrogen functional groups attached to an aromatic ring is 1. The Hall–Kier alpha value is -1.48. The number of anilines is 1. The molecule has 0 amide bonds. The van der Waals surface area contributed by atoms with Crippen LogP contribution in [-0.2, 0) is 10.0 Å². The Labute approximate surface area is 82.9 Å². The van der Waals surface area contributed by atoms with E-state index in [1.165, 1.54) is 0 Å². The zero-order chi connectivity index (χ0) is 11.8. The number of aromatic nitrogens is 1. The van der Waals surface area contributed by atoms with Crippen molar-refractivity contribution in [1.82, 2.24) is 4.98 Å². The zero-order valence-corrected chi connectivity index (χ0v) is 8.01. The third-order valence-electron chi connectivity index (χ3n) is 1.59. The molecule has 0 aliphatic rings. The number of alkyl halides is 2. The van der Waals surface area contributed by atoms with Gasteiger partial charge in [-0.25, -0.2) is 22.3 Å². The Morgan fingerprint density at radius 2 is 1.93 bits per heavy atom. The SMILES string of the molecule is Nc1cc(S(N)(=O)=O)c(=O)[nH]c1C(F)F. The first kappa shape index (κ1) is 11.6. The molecule has 84 valence electrons. The van der Waals surface area contributed by atoms with Crippen LogP contribution < -0.4 is 16.4 Å². The second-order valence-corrected chi connectivity index (χ2v) is 4.21. The van der Waals surface area contributed by atoms with Crippen LogP contribution in [0.5, 0.6) is 0 Å². The lowest BCUT2D eigenvalue weighted by Crippen LogP contribution is -2.25. The molecule has 6 nitrogen and oxygen atoms in total. The monoisotopic (exact) mass is 239 g/mol. The van der Waals surface area contributed by atoms with Crippen LogP contribution in [0.3, 0.4) is 0 Å². The Morgan fingerprint density at radius 3 is 2.33 bits per heavy atom. The van der Waals surface area contributed by atoms with Crippen LogP contribution in [0.15, 0.2) is 15.8 Å². The first-order valence-corrected chi connectivity index (χ1v) is 5.11. The Balaban J connectivity index is 3.53. The fourth-order valence-corrected chi connectivity index (χ4v) is 1.53. The van der Waals surface area contributed by atoms with Crippen molar-refractivity contribution in [1.29, 1.82) is 0 Å². The van der Waals surface area contributed by atoms with E-state index in [1.807, 2.05) is 0 Å². The van der Waals surface area contributed by atoms with Crippen molar-refractivity contribution < 1.29 is 17.2 Å². The predicted molar refractivity (Wildman–Crippen MR) is 47.8 cm³/mol. The van der Waals surface area contributed by atoms with Gasteiger partial charge in [-0.05, 0) is 6.07 Å². The van der Waals surface area contributed by atoms with Crippen LogP contribution in [0.25, 0.3) is 0 Å². The van der Waals surface area contributed by atoms with Crippen LogP contribution in [0.2, 0.25) is 0 Å². The van der Waals surface area contributed by atoms with Gasteiger partial charge in [0.25, 0.3) is 12.0 Å². The average molecular weight is 239 g/mol. The molecule has 0 fully saturated rings. The van der Waals surface area contributed by atoms with Crippen molar-refractivity contribution in [2.45, 2.75) is 11.3 Å². The van der Waals surface area contributed by atoms with Gasteiger partial charge in [-0.15, -0.1) is 0 Å². The molecule has 1 heterocycles. The van der Waals surface area contributed by atoms with Crippen LogP contribution in [0.4, 0.5) is 14.5 Å². The predicted octanol–water partition coefficient (Wildman–Crippen LogP) is -0.458. The van der Waals surface area contributed by atoms with Gasteiger partial charge in [0.15, 0.2) is 0 Å². The Bertz CT molecular complexity index is 537. The number of sulfonamides is 1. The number of pyridine rings is 1. The molecule has 1 aromatic heterocycles. The quantitative estimate of drug-likeness (QED) is 0.647. The largest absolute Gasteiger partial charge is 0.397 e. The van der Waals surface area contributed by atoms with Gasteiger partial charge < -0.3 is 10.7 Å². The molecule has 9 heteroatoms. The van der Waals surface area contributed by atoms with Gasteiger partial charge >= 0.3 is 0 Å². The molecule has 0 radical (unpaired) electrons. The third-order valence-corrected chi connectivity index (χ3v) is 2.51. The Kier molecular flexibility index (Phi) is 2.77. The molecule has 0 saturated heterocycles. The fraction of sp³-hybridized carbons (Fsp3) is 0.167. The molecule has 5 N–H and O–H groups in total. The van der Waals surface area contributed by atoms with E-state index in [-0.39, 0.29) is 0 Å². The van der Waals surface area contributed by atoms with Crippen LogP contribution in [-0.4, -0.2) is 13.4 Å². The van der Waals surface area contributed by atoms with E-state index in [0.717, 1.165) is 0 Å². The number of nitrogens with one attached hydrogen (secondary N) is 1. The van der Waals surface area contributed by atoms with E-state index in [0.29, 0.717) is 6.07 Å². The molecule has 15 heavy (non-hydrogen) atoms. The van der Waals surface area contributed by atoms with Crippen molar-refractivity contribution in [3.63, 3.8) is 0 Å². The number of nitrogens with two attached hydrogens (primary N) is 2. The summed E-state index contributed by atoms with van der Waals surface area (Å²) in [5, 5.41) is 4.66. The van der Waals surface area contributed by atoms with Gasteiger partial charge in [-0.2, -0.15) is 0 Å². The molecule has 1 rings (SSSR count). The number of hydrogen-bond donors (Lipinski definition) is 3. The van der Waals surface area contributed by atoms with E-state index in [2.05, 4.69) is 5.14 Å². The zero-order valence-electron chi connectivity index (χ0n) is 7.20. The minimum Gasteiger partial charge on any atom is -0.397 e. The van der Waals surface area contributed by atoms with Gasteiger partial charge in [-0.3, -0.25) is 4.79 Å². The van der Waals surface area contributed by atoms with Crippen molar-refractivity contribution in [3.8, 4) is 0 Å². The summed E-state index contributed by atoms with van der Waals surface area (Å²) in [5.74, 6) is 0. The molecule has 0 spiro atoms. The highest BCUT2D eigenvalue weighted by Crippen LogP contribution is 2.22. The molecule has 0 unspecified atom stereocenters. The minimum absolute atomic E-state index is 0.534. The van der Waals surface area contributed by atoms with Crippen molar-refractivity contribution in [2.24, 2.45) is 5.14 Å². The Morgan fingerprint density at radius 1 is 1.40 bits per heavy atom. The van der Waals surface area contributed by atoms with Gasteiger partial charge in [-0.1, -0.05) is 0 Å². The molecule has 0 bridgehead atoms. The standard InChI is InChI=1S/C6H7F2N3O3S/c7-5(8)4-2(9)1-3(6(12)11-4)15(10,13)14/h1,5H,9H2,(H,11,12)(H2,10,13,14). The summed E-state index contributed by atoms with van der Waals surface area (Å²) < 4.78 is 46.0. The summed E-state index contributed by atoms with van der Waals surface area (Å²) >= 11 is 0. The number of aromatic amines is 1. The van der Waals surface area contributed by atoms with Crippen molar-refractivity contribution in [3.05, 3.63) is 22.1 Å². The highest BCUT2D eigenvalue weighted by atomic mass is 32.2. The lowest BCUT2D eigenvalue weighted by molar-refractivity contribution is 0.146. The number of halogens is 2. The summed E-state index contributed by atoms with van der Waals surface area (Å²) in [4.78, 5) is 11.9. The lowest BCUT2D eigenvalue weighted by atomic mass is 10.3. The molecule has 0 saturated carbocycles. The van der Waals surface area contributed by atoms with Gasteiger partial charge in [0.05, 0.1) is 5.69 Å². The molecule has 0 aromatic carbocycles. The summed E-state index contributed by atoms with van der Waals surface area (Å²) in [7, 11) is -4.27. The second-order valence-electron chi connectivity index (χ2n) is 2.68. The molecule has 0 aliphatic carbocycles. The summed E-state index contributed by atoms with van der Waals surface area (Å²) in [6, 6.07) is 0.607. The maximum Gasteiger partial charge on any atom is 0.280 e. The maximum absolute atomic E-state index is 12.2. The van der Waals surface area contributed by atoms with Gasteiger partial charge in [0, 0.05) is 0 Å². The van der Waals surface area contributed by atoms with Crippen LogP contribution in [0, 0.1) is 0 Å². The normalized spacial score (nSPS) is 12.0. The first-order valence-electron chi connectivity index (χ1n) is 3.57. The number of primary sulfonamides is 1. The lowest BCUT2D eigenvalue weighted by Gasteiger charge is -2.05. The van der Waals surface area contributed by atoms with Crippen molar-refractivity contribution >= 4 is 15.7 Å². The van der Waals surface area contributed by atoms with E-state index < -0.39 is 38.3 Å². The topological polar surface area (TPSA) is 119 Å². The maximum atomic E-state index is 12.2. The molecular weight excluding hydrogens is 232 g/mol. The highest BCUT2D eigenvalue weighted by molar-refractivity contribution is 7.89. The van der Waals surface area contributed by atoms with E-state index in [4.69, 9.17) is 5.73 Å². The summed E-state index contributed by atoms with van der Waals surface area (Å²) in [6.07, 6.45) is -2.99. The van der Waals surface area contributed by atoms with Crippen LogP contribution >= 0.6 is 0 Å². The van der Waals surface area contributed by atoms with E-state index >= 15 is 0 Å². The van der Waals surface area contributed by atoms with Crippen molar-refractivity contribution in [2.75, 3.05) is 5.73 Å². The van der Waals surface area contributed by atoms with E-state index in [9.17, 15) is 22.0 Å². The third kappa shape index (κ3) is 2.30. The smallest absolute Gasteiger partial charge is 0.280 e.